The molecule has 0 radical (unpaired) electrons. The van der Waals surface area contributed by atoms with E-state index in [1.807, 2.05) is 55.5 Å². The number of carbonyl (C=O) groups is 3. The number of para-hydroxylation sites is 2. The van der Waals surface area contributed by atoms with Crippen LogP contribution in [0.15, 0.2) is 78.6 Å². The van der Waals surface area contributed by atoms with E-state index in [9.17, 15) is 14.4 Å². The Labute approximate surface area is 216 Å². The van der Waals surface area contributed by atoms with Crippen LogP contribution in [0.5, 0.6) is 5.75 Å². The van der Waals surface area contributed by atoms with E-state index in [2.05, 4.69) is 0 Å². The van der Waals surface area contributed by atoms with E-state index in [-0.39, 0.29) is 29.4 Å². The van der Waals surface area contributed by atoms with Crippen LogP contribution in [-0.2, 0) is 16.1 Å². The Kier molecular flexibility index (Phi) is 6.77. The van der Waals surface area contributed by atoms with Gasteiger partial charge in [0.25, 0.3) is 11.8 Å². The third-order valence-electron chi connectivity index (χ3n) is 6.93. The molecule has 0 bridgehead atoms. The van der Waals surface area contributed by atoms with E-state index in [1.165, 1.54) is 0 Å². The van der Waals surface area contributed by atoms with Crippen molar-refractivity contribution in [3.05, 3.63) is 101 Å². The van der Waals surface area contributed by atoms with Crippen molar-refractivity contribution in [1.82, 2.24) is 4.90 Å². The molecular weight excluding hydrogens is 466 g/mol. The van der Waals surface area contributed by atoms with Gasteiger partial charge in [0.05, 0.1) is 12.2 Å². The summed E-state index contributed by atoms with van der Waals surface area (Å²) in [6.07, 6.45) is 2.88. The first-order valence-electron chi connectivity index (χ1n) is 12.4. The second-order valence-electron chi connectivity index (χ2n) is 9.55. The van der Waals surface area contributed by atoms with E-state index >= 15 is 0 Å². The number of carbonyl (C=O) groups excluding carboxylic acids is 3. The first kappa shape index (κ1) is 24.3. The fraction of sp³-hybridized carbons (Fsp3) is 0.233. The summed E-state index contributed by atoms with van der Waals surface area (Å²) in [7, 11) is 0. The van der Waals surface area contributed by atoms with Crippen molar-refractivity contribution in [1.29, 1.82) is 0 Å². The molecule has 37 heavy (non-hydrogen) atoms. The van der Waals surface area contributed by atoms with Crippen LogP contribution in [0.3, 0.4) is 0 Å². The number of piperidine rings is 1. The van der Waals surface area contributed by atoms with Crippen LogP contribution in [0, 0.1) is 12.8 Å². The topological polar surface area (TPSA) is 92.9 Å². The molecule has 7 heteroatoms. The highest BCUT2D eigenvalue weighted by molar-refractivity contribution is 6.09. The minimum Gasteiger partial charge on any atom is -0.449 e. The highest BCUT2D eigenvalue weighted by Crippen LogP contribution is 2.36. The van der Waals surface area contributed by atoms with Crippen LogP contribution in [0.4, 0.5) is 5.69 Å². The summed E-state index contributed by atoms with van der Waals surface area (Å²) in [4.78, 5) is 41.2. The Morgan fingerprint density at radius 2 is 1.65 bits per heavy atom. The SMILES string of the molecule is Cc1ccc(CN2C(=O)/C(=C\c3ccc(C(=O)N4CCC(C(N)=O)CC4)cc3)Oc3ccccc32)cc1. The molecule has 3 aromatic carbocycles. The maximum Gasteiger partial charge on any atom is 0.294 e. The first-order chi connectivity index (χ1) is 17.9. The predicted molar refractivity (Wildman–Crippen MR) is 142 cm³/mol. The van der Waals surface area contributed by atoms with Crippen LogP contribution < -0.4 is 15.4 Å². The number of likely N-dealkylation sites (tertiary alicyclic amines) is 1. The lowest BCUT2D eigenvalue weighted by Gasteiger charge is -2.31. The summed E-state index contributed by atoms with van der Waals surface area (Å²) in [6.45, 7) is 3.48. The van der Waals surface area contributed by atoms with Gasteiger partial charge >= 0.3 is 0 Å². The number of hydrogen-bond donors (Lipinski definition) is 1. The molecule has 5 rings (SSSR count). The molecule has 0 aliphatic carbocycles. The van der Waals surface area contributed by atoms with E-state index in [4.69, 9.17) is 10.5 Å². The number of fused-ring (bicyclic) bond motifs is 1. The van der Waals surface area contributed by atoms with Gasteiger partial charge in [-0.1, -0.05) is 54.1 Å². The summed E-state index contributed by atoms with van der Waals surface area (Å²) in [6, 6.07) is 22.7. The zero-order valence-electron chi connectivity index (χ0n) is 20.7. The quantitative estimate of drug-likeness (QED) is 0.534. The maximum absolute atomic E-state index is 13.5. The van der Waals surface area contributed by atoms with Gasteiger partial charge in [0, 0.05) is 24.6 Å². The number of rotatable bonds is 5. The number of primary amides is 1. The lowest BCUT2D eigenvalue weighted by atomic mass is 9.96. The number of nitrogens with zero attached hydrogens (tertiary/aromatic N) is 2. The third-order valence-corrected chi connectivity index (χ3v) is 6.93. The summed E-state index contributed by atoms with van der Waals surface area (Å²) in [5, 5.41) is 0. The van der Waals surface area contributed by atoms with Crippen molar-refractivity contribution in [2.45, 2.75) is 26.3 Å². The Hall–Kier alpha value is -4.39. The van der Waals surface area contributed by atoms with Gasteiger partial charge in [0.15, 0.2) is 11.5 Å². The van der Waals surface area contributed by atoms with Crippen LogP contribution in [0.1, 0.15) is 39.9 Å². The zero-order chi connectivity index (χ0) is 25.9. The van der Waals surface area contributed by atoms with Crippen molar-refractivity contribution in [2.75, 3.05) is 18.0 Å². The molecule has 0 spiro atoms. The number of aryl methyl sites for hydroxylation is 1. The second kappa shape index (κ2) is 10.3. The van der Waals surface area contributed by atoms with Gasteiger partial charge in [-0.15, -0.1) is 0 Å². The van der Waals surface area contributed by atoms with Crippen LogP contribution in [0.2, 0.25) is 0 Å². The lowest BCUT2D eigenvalue weighted by molar-refractivity contribution is -0.123. The molecule has 2 aliphatic heterocycles. The van der Waals surface area contributed by atoms with E-state index < -0.39 is 0 Å². The largest absolute Gasteiger partial charge is 0.449 e. The molecule has 3 aromatic rings. The highest BCUT2D eigenvalue weighted by Gasteiger charge is 2.30. The molecule has 7 nitrogen and oxygen atoms in total. The first-order valence-corrected chi connectivity index (χ1v) is 12.4. The molecular formula is C30H29N3O4. The molecule has 3 amide bonds. The van der Waals surface area contributed by atoms with Gasteiger partial charge in [-0.2, -0.15) is 0 Å². The summed E-state index contributed by atoms with van der Waals surface area (Å²) < 4.78 is 5.99. The minimum absolute atomic E-state index is 0.0784. The van der Waals surface area contributed by atoms with E-state index in [0.717, 1.165) is 22.4 Å². The van der Waals surface area contributed by atoms with Crippen molar-refractivity contribution in [2.24, 2.45) is 11.7 Å². The fourth-order valence-electron chi connectivity index (χ4n) is 4.72. The van der Waals surface area contributed by atoms with Gasteiger partial charge in [-0.05, 0) is 61.2 Å². The molecule has 2 aliphatic rings. The summed E-state index contributed by atoms with van der Waals surface area (Å²) >= 11 is 0. The molecule has 0 atom stereocenters. The van der Waals surface area contributed by atoms with Crippen molar-refractivity contribution < 1.29 is 19.1 Å². The normalized spacial score (nSPS) is 16.9. The molecule has 1 fully saturated rings. The number of nitrogens with two attached hydrogens (primary N) is 1. The molecule has 0 aromatic heterocycles. The Morgan fingerprint density at radius 1 is 0.973 bits per heavy atom. The van der Waals surface area contributed by atoms with Crippen LogP contribution in [-0.4, -0.2) is 35.7 Å². The number of benzene rings is 3. The Balaban J connectivity index is 1.34. The highest BCUT2D eigenvalue weighted by atomic mass is 16.5. The van der Waals surface area contributed by atoms with Crippen LogP contribution in [0.25, 0.3) is 6.08 Å². The number of anilines is 1. The van der Waals surface area contributed by atoms with E-state index in [1.54, 1.807) is 40.1 Å². The second-order valence-corrected chi connectivity index (χ2v) is 9.55. The van der Waals surface area contributed by atoms with Gasteiger partial charge < -0.3 is 15.4 Å². The summed E-state index contributed by atoms with van der Waals surface area (Å²) in [5.74, 6) is 0.0675. The number of ether oxygens (including phenoxy) is 1. The monoisotopic (exact) mass is 495 g/mol. The lowest BCUT2D eigenvalue weighted by Crippen LogP contribution is -2.41. The molecule has 2 N–H and O–H groups in total. The number of amides is 3. The third kappa shape index (κ3) is 5.26. The minimum atomic E-state index is -0.302. The van der Waals surface area contributed by atoms with Gasteiger partial charge in [-0.25, -0.2) is 0 Å². The molecule has 1 saturated heterocycles. The predicted octanol–water partition coefficient (Wildman–Crippen LogP) is 4.30. The standard InChI is InChI=1S/C30H29N3O4/c1-20-6-8-22(9-7-20)19-33-25-4-2-3-5-26(25)37-27(30(33)36)18-21-10-12-24(13-11-21)29(35)32-16-14-23(15-17-32)28(31)34/h2-13,18,23H,14-17,19H2,1H3,(H2,31,34)/b27-18+. The molecule has 0 saturated carbocycles. The zero-order valence-corrected chi connectivity index (χ0v) is 20.7. The molecule has 2 heterocycles. The Bertz CT molecular complexity index is 1350. The smallest absolute Gasteiger partial charge is 0.294 e. The average molecular weight is 496 g/mol. The molecule has 188 valence electrons. The molecule has 0 unspecified atom stereocenters. The maximum atomic E-state index is 13.5. The van der Waals surface area contributed by atoms with E-state index in [0.29, 0.717) is 43.8 Å². The van der Waals surface area contributed by atoms with Crippen molar-refractivity contribution in [3.8, 4) is 5.75 Å². The average Bonchev–Trinajstić information content (AvgIpc) is 2.92. The van der Waals surface area contributed by atoms with Crippen molar-refractivity contribution in [3.63, 3.8) is 0 Å². The fourth-order valence-corrected chi connectivity index (χ4v) is 4.72. The summed E-state index contributed by atoms with van der Waals surface area (Å²) in [5.41, 5.74) is 9.62. The number of hydrogen-bond acceptors (Lipinski definition) is 4. The van der Waals surface area contributed by atoms with Crippen molar-refractivity contribution >= 4 is 29.5 Å². The van der Waals surface area contributed by atoms with Crippen LogP contribution >= 0.6 is 0 Å². The van der Waals surface area contributed by atoms with Gasteiger partial charge in [-0.3, -0.25) is 19.3 Å². The Morgan fingerprint density at radius 3 is 2.32 bits per heavy atom. The van der Waals surface area contributed by atoms with Gasteiger partial charge in [0.2, 0.25) is 5.91 Å². The van der Waals surface area contributed by atoms with Gasteiger partial charge in [0.1, 0.15) is 0 Å².